The standard InChI is InChI=1S/C10H9BrN4O/c11-7-3-6(4-13-5-7)8-14-9(16-15-8)10(12)1-2-10/h3-5H,1-2,12H2. The molecule has 5 nitrogen and oxygen atoms in total. The van der Waals surface area contributed by atoms with Crippen LogP contribution in [0.15, 0.2) is 27.5 Å². The Morgan fingerprint density at radius 1 is 1.38 bits per heavy atom. The smallest absolute Gasteiger partial charge is 0.247 e. The van der Waals surface area contributed by atoms with Gasteiger partial charge in [0.1, 0.15) is 0 Å². The molecule has 1 saturated carbocycles. The number of aromatic nitrogens is 3. The van der Waals surface area contributed by atoms with E-state index in [2.05, 4.69) is 31.1 Å². The molecule has 0 unspecified atom stereocenters. The van der Waals surface area contributed by atoms with Crippen molar-refractivity contribution in [3.8, 4) is 11.4 Å². The number of hydrogen-bond acceptors (Lipinski definition) is 5. The fraction of sp³-hybridized carbons (Fsp3) is 0.300. The summed E-state index contributed by atoms with van der Waals surface area (Å²) in [7, 11) is 0. The van der Waals surface area contributed by atoms with Gasteiger partial charge in [0.15, 0.2) is 0 Å². The van der Waals surface area contributed by atoms with Gasteiger partial charge in [0, 0.05) is 22.4 Å². The maximum atomic E-state index is 5.97. The Hall–Kier alpha value is -1.27. The highest BCUT2D eigenvalue weighted by atomic mass is 79.9. The highest BCUT2D eigenvalue weighted by Crippen LogP contribution is 2.42. The molecule has 0 bridgehead atoms. The van der Waals surface area contributed by atoms with Gasteiger partial charge in [-0.2, -0.15) is 4.98 Å². The second-order valence-corrected chi connectivity index (χ2v) is 4.89. The minimum absolute atomic E-state index is 0.384. The van der Waals surface area contributed by atoms with Crippen molar-refractivity contribution >= 4 is 15.9 Å². The molecule has 0 aliphatic heterocycles. The van der Waals surface area contributed by atoms with Gasteiger partial charge in [-0.05, 0) is 34.8 Å². The zero-order chi connectivity index (χ0) is 11.2. The van der Waals surface area contributed by atoms with Crippen molar-refractivity contribution in [1.82, 2.24) is 15.1 Å². The molecule has 2 heterocycles. The van der Waals surface area contributed by atoms with Crippen LogP contribution in [0.25, 0.3) is 11.4 Å². The van der Waals surface area contributed by atoms with E-state index in [9.17, 15) is 0 Å². The molecule has 2 aromatic rings. The van der Waals surface area contributed by atoms with Crippen molar-refractivity contribution < 1.29 is 4.52 Å². The molecule has 0 amide bonds. The predicted octanol–water partition coefficient (Wildman–Crippen LogP) is 1.84. The van der Waals surface area contributed by atoms with E-state index in [0.29, 0.717) is 11.7 Å². The first-order chi connectivity index (χ1) is 7.67. The molecular formula is C10H9BrN4O. The first-order valence-electron chi connectivity index (χ1n) is 4.91. The highest BCUT2D eigenvalue weighted by Gasteiger charge is 2.45. The lowest BCUT2D eigenvalue weighted by Gasteiger charge is -1.98. The fourth-order valence-electron chi connectivity index (χ4n) is 1.43. The van der Waals surface area contributed by atoms with E-state index in [-0.39, 0.29) is 5.54 Å². The van der Waals surface area contributed by atoms with E-state index in [4.69, 9.17) is 10.3 Å². The molecule has 6 heteroatoms. The third-order valence-electron chi connectivity index (χ3n) is 2.60. The lowest BCUT2D eigenvalue weighted by Crippen LogP contribution is -2.18. The zero-order valence-electron chi connectivity index (χ0n) is 8.35. The molecule has 0 spiro atoms. The summed E-state index contributed by atoms with van der Waals surface area (Å²) in [4.78, 5) is 8.34. The lowest BCUT2D eigenvalue weighted by atomic mass is 10.2. The van der Waals surface area contributed by atoms with Crippen LogP contribution in [0.3, 0.4) is 0 Å². The van der Waals surface area contributed by atoms with Crippen LogP contribution in [0.2, 0.25) is 0 Å². The van der Waals surface area contributed by atoms with Gasteiger partial charge in [-0.15, -0.1) is 0 Å². The lowest BCUT2D eigenvalue weighted by molar-refractivity contribution is 0.348. The fourth-order valence-corrected chi connectivity index (χ4v) is 1.79. The van der Waals surface area contributed by atoms with E-state index >= 15 is 0 Å². The van der Waals surface area contributed by atoms with Gasteiger partial charge in [-0.25, -0.2) is 0 Å². The number of rotatable bonds is 2. The molecule has 0 aromatic carbocycles. The van der Waals surface area contributed by atoms with Crippen LogP contribution < -0.4 is 5.73 Å². The zero-order valence-corrected chi connectivity index (χ0v) is 9.94. The quantitative estimate of drug-likeness (QED) is 0.908. The third-order valence-corrected chi connectivity index (χ3v) is 3.04. The number of hydrogen-bond donors (Lipinski definition) is 1. The van der Waals surface area contributed by atoms with Crippen LogP contribution in [-0.4, -0.2) is 15.1 Å². The van der Waals surface area contributed by atoms with Gasteiger partial charge in [-0.1, -0.05) is 5.16 Å². The predicted molar refractivity (Wildman–Crippen MR) is 60.3 cm³/mol. The van der Waals surface area contributed by atoms with Gasteiger partial charge in [0.05, 0.1) is 5.54 Å². The number of nitrogens with two attached hydrogens (primary N) is 1. The summed E-state index contributed by atoms with van der Waals surface area (Å²) in [6.45, 7) is 0. The summed E-state index contributed by atoms with van der Waals surface area (Å²) in [5, 5.41) is 3.91. The van der Waals surface area contributed by atoms with Crippen LogP contribution >= 0.6 is 15.9 Å². The SMILES string of the molecule is NC1(c2nc(-c3cncc(Br)c3)no2)CC1. The van der Waals surface area contributed by atoms with Crippen LogP contribution in [0, 0.1) is 0 Å². The maximum absolute atomic E-state index is 5.97. The van der Waals surface area contributed by atoms with Gasteiger partial charge in [0.2, 0.25) is 11.7 Å². The minimum atomic E-state index is -0.384. The van der Waals surface area contributed by atoms with Gasteiger partial charge < -0.3 is 10.3 Å². The van der Waals surface area contributed by atoms with Crippen LogP contribution in [0.1, 0.15) is 18.7 Å². The molecule has 1 aliphatic carbocycles. The molecular weight excluding hydrogens is 272 g/mol. The Kier molecular flexibility index (Phi) is 2.08. The van der Waals surface area contributed by atoms with Crippen LogP contribution in [0.4, 0.5) is 0 Å². The van der Waals surface area contributed by atoms with Crippen molar-refractivity contribution in [2.24, 2.45) is 5.73 Å². The van der Waals surface area contributed by atoms with E-state index in [1.54, 1.807) is 12.4 Å². The van der Waals surface area contributed by atoms with Crippen molar-refractivity contribution in [3.63, 3.8) is 0 Å². The Bertz CT molecular complexity index is 535. The van der Waals surface area contributed by atoms with E-state index < -0.39 is 0 Å². The monoisotopic (exact) mass is 280 g/mol. The average molecular weight is 281 g/mol. The topological polar surface area (TPSA) is 77.8 Å². The number of nitrogens with zero attached hydrogens (tertiary/aromatic N) is 3. The van der Waals surface area contributed by atoms with Crippen molar-refractivity contribution in [2.75, 3.05) is 0 Å². The van der Waals surface area contributed by atoms with Gasteiger partial charge in [0.25, 0.3) is 0 Å². The molecule has 0 saturated heterocycles. The Balaban J connectivity index is 1.98. The van der Waals surface area contributed by atoms with E-state index in [1.165, 1.54) is 0 Å². The second-order valence-electron chi connectivity index (χ2n) is 3.97. The van der Waals surface area contributed by atoms with Crippen molar-refractivity contribution in [2.45, 2.75) is 18.4 Å². The first kappa shape index (κ1) is 9.92. The summed E-state index contributed by atoms with van der Waals surface area (Å²) in [5.74, 6) is 1.04. The summed E-state index contributed by atoms with van der Waals surface area (Å²) < 4.78 is 6.04. The van der Waals surface area contributed by atoms with E-state index in [1.807, 2.05) is 6.07 Å². The summed E-state index contributed by atoms with van der Waals surface area (Å²) in [6, 6.07) is 1.89. The molecule has 3 rings (SSSR count). The molecule has 1 aliphatic rings. The van der Waals surface area contributed by atoms with Crippen LogP contribution in [-0.2, 0) is 5.54 Å². The Morgan fingerprint density at radius 2 is 2.19 bits per heavy atom. The van der Waals surface area contributed by atoms with Gasteiger partial charge in [-0.3, -0.25) is 4.98 Å². The molecule has 82 valence electrons. The molecule has 2 N–H and O–H groups in total. The summed E-state index contributed by atoms with van der Waals surface area (Å²) in [5.41, 5.74) is 6.40. The average Bonchev–Trinajstić information content (AvgIpc) is 2.83. The normalized spacial score (nSPS) is 17.4. The largest absolute Gasteiger partial charge is 0.337 e. The van der Waals surface area contributed by atoms with Crippen molar-refractivity contribution in [1.29, 1.82) is 0 Å². The van der Waals surface area contributed by atoms with Gasteiger partial charge >= 0.3 is 0 Å². The first-order valence-corrected chi connectivity index (χ1v) is 5.71. The number of halogens is 1. The summed E-state index contributed by atoms with van der Waals surface area (Å²) >= 11 is 3.34. The maximum Gasteiger partial charge on any atom is 0.247 e. The molecule has 0 atom stereocenters. The Morgan fingerprint density at radius 3 is 2.88 bits per heavy atom. The third kappa shape index (κ3) is 1.64. The molecule has 2 aromatic heterocycles. The number of pyridine rings is 1. The highest BCUT2D eigenvalue weighted by molar-refractivity contribution is 9.10. The minimum Gasteiger partial charge on any atom is -0.337 e. The van der Waals surface area contributed by atoms with Crippen molar-refractivity contribution in [3.05, 3.63) is 28.8 Å². The molecule has 1 fully saturated rings. The molecule has 16 heavy (non-hydrogen) atoms. The second kappa shape index (κ2) is 3.36. The van der Waals surface area contributed by atoms with E-state index in [0.717, 1.165) is 22.9 Å². The Labute approximate surface area is 100 Å². The summed E-state index contributed by atoms with van der Waals surface area (Å²) in [6.07, 6.45) is 5.21. The van der Waals surface area contributed by atoms with Crippen LogP contribution in [0.5, 0.6) is 0 Å². The molecule has 0 radical (unpaired) electrons.